The lowest BCUT2D eigenvalue weighted by molar-refractivity contribution is -0.143. The molecule has 1 amide bonds. The fourth-order valence-corrected chi connectivity index (χ4v) is 4.40. The Kier molecular flexibility index (Phi) is 4.25. The first kappa shape index (κ1) is 16.8. The Hall–Kier alpha value is -2.09. The van der Waals surface area contributed by atoms with Gasteiger partial charge in [-0.3, -0.25) is 9.10 Å². The van der Waals surface area contributed by atoms with Crippen molar-refractivity contribution in [3.05, 3.63) is 29.3 Å². The first-order valence-electron chi connectivity index (χ1n) is 7.93. The minimum absolute atomic E-state index is 0.303. The Bertz CT molecular complexity index is 790. The van der Waals surface area contributed by atoms with Gasteiger partial charge in [0.05, 0.1) is 11.9 Å². The summed E-state index contributed by atoms with van der Waals surface area (Å²) in [7, 11) is -3.33. The van der Waals surface area contributed by atoms with Gasteiger partial charge in [0.25, 0.3) is 5.91 Å². The van der Waals surface area contributed by atoms with E-state index in [1.165, 1.54) is 9.21 Å². The summed E-state index contributed by atoms with van der Waals surface area (Å²) in [6.45, 7) is 0.801. The molecule has 2 aliphatic heterocycles. The largest absolute Gasteiger partial charge is 0.480 e. The number of amides is 1. The van der Waals surface area contributed by atoms with E-state index >= 15 is 0 Å². The van der Waals surface area contributed by atoms with Crippen molar-refractivity contribution in [3.8, 4) is 0 Å². The van der Waals surface area contributed by atoms with E-state index in [0.29, 0.717) is 37.2 Å². The molecular formula is C16H20N2O5S. The minimum Gasteiger partial charge on any atom is -0.480 e. The Morgan fingerprint density at radius 2 is 1.96 bits per heavy atom. The number of rotatable bonds is 3. The number of nitrogens with zero attached hydrogens (tertiary/aromatic N) is 2. The monoisotopic (exact) mass is 352 g/mol. The molecule has 0 radical (unpaired) electrons. The van der Waals surface area contributed by atoms with Crippen LogP contribution in [0.15, 0.2) is 18.2 Å². The van der Waals surface area contributed by atoms with Crippen LogP contribution in [0.4, 0.5) is 5.69 Å². The maximum Gasteiger partial charge on any atom is 0.326 e. The zero-order valence-corrected chi connectivity index (χ0v) is 14.3. The molecule has 0 saturated carbocycles. The topological polar surface area (TPSA) is 95.0 Å². The third-order valence-corrected chi connectivity index (χ3v) is 5.81. The Labute approximate surface area is 140 Å². The summed E-state index contributed by atoms with van der Waals surface area (Å²) in [6, 6.07) is 4.12. The summed E-state index contributed by atoms with van der Waals surface area (Å²) in [5.41, 5.74) is 1.81. The molecule has 3 rings (SSSR count). The Morgan fingerprint density at radius 3 is 2.62 bits per heavy atom. The van der Waals surface area contributed by atoms with Gasteiger partial charge < -0.3 is 10.0 Å². The van der Waals surface area contributed by atoms with Crippen LogP contribution in [-0.4, -0.2) is 55.7 Å². The van der Waals surface area contributed by atoms with Crippen molar-refractivity contribution in [2.45, 2.75) is 31.7 Å². The number of benzene rings is 1. The molecule has 0 bridgehead atoms. The average Bonchev–Trinajstić information content (AvgIpc) is 2.97. The van der Waals surface area contributed by atoms with Crippen molar-refractivity contribution in [2.24, 2.45) is 0 Å². The number of carboxylic acids is 1. The Balaban J connectivity index is 1.88. The molecule has 1 fully saturated rings. The molecule has 1 N–H and O–H groups in total. The summed E-state index contributed by atoms with van der Waals surface area (Å²) in [5.74, 6) is -1.28. The summed E-state index contributed by atoms with van der Waals surface area (Å²) in [4.78, 5) is 25.5. The number of hydrogen-bond acceptors (Lipinski definition) is 4. The standard InChI is InChI=1S/C16H20N2O5S/c1-24(22,23)18-9-7-11-10-12(5-6-13(11)18)15(19)17-8-3-2-4-14(17)16(20)21/h5-6,10,14H,2-4,7-9H2,1H3,(H,20,21)/t14-/m1/s1. The lowest BCUT2D eigenvalue weighted by Crippen LogP contribution is -2.48. The smallest absolute Gasteiger partial charge is 0.326 e. The van der Waals surface area contributed by atoms with E-state index in [4.69, 9.17) is 0 Å². The van der Waals surface area contributed by atoms with E-state index in [1.807, 2.05) is 0 Å². The fourth-order valence-electron chi connectivity index (χ4n) is 3.45. The number of likely N-dealkylation sites (tertiary alicyclic amines) is 1. The summed E-state index contributed by atoms with van der Waals surface area (Å²) < 4.78 is 24.9. The molecule has 2 heterocycles. The van der Waals surface area contributed by atoms with Crippen LogP contribution in [-0.2, 0) is 21.2 Å². The fraction of sp³-hybridized carbons (Fsp3) is 0.500. The van der Waals surface area contributed by atoms with E-state index in [9.17, 15) is 23.1 Å². The van der Waals surface area contributed by atoms with E-state index in [1.54, 1.807) is 18.2 Å². The van der Waals surface area contributed by atoms with Crippen LogP contribution in [0.2, 0.25) is 0 Å². The second-order valence-corrected chi connectivity index (χ2v) is 8.18. The number of piperidine rings is 1. The lowest BCUT2D eigenvalue weighted by atomic mass is 10.00. The van der Waals surface area contributed by atoms with Crippen molar-refractivity contribution in [1.29, 1.82) is 0 Å². The van der Waals surface area contributed by atoms with E-state index in [0.717, 1.165) is 24.7 Å². The van der Waals surface area contributed by atoms with Gasteiger partial charge in [-0.2, -0.15) is 0 Å². The molecule has 2 aliphatic rings. The SMILES string of the molecule is CS(=O)(=O)N1CCc2cc(C(=O)N3CCCC[C@@H]3C(=O)O)ccc21. The minimum atomic E-state index is -3.33. The van der Waals surface area contributed by atoms with Gasteiger partial charge in [-0.1, -0.05) is 0 Å². The van der Waals surface area contributed by atoms with Crippen molar-refractivity contribution in [2.75, 3.05) is 23.7 Å². The van der Waals surface area contributed by atoms with Crippen LogP contribution in [0, 0.1) is 0 Å². The van der Waals surface area contributed by atoms with Crippen LogP contribution in [0.3, 0.4) is 0 Å². The van der Waals surface area contributed by atoms with E-state index < -0.39 is 22.0 Å². The van der Waals surface area contributed by atoms with Gasteiger partial charge in [0, 0.05) is 18.7 Å². The number of aliphatic carboxylic acids is 1. The summed E-state index contributed by atoms with van der Waals surface area (Å²) >= 11 is 0. The molecule has 130 valence electrons. The van der Waals surface area contributed by atoms with Crippen LogP contribution >= 0.6 is 0 Å². The van der Waals surface area contributed by atoms with Crippen molar-refractivity contribution in [3.63, 3.8) is 0 Å². The Morgan fingerprint density at radius 1 is 1.21 bits per heavy atom. The number of carboxylic acid groups (broad SMARTS) is 1. The lowest BCUT2D eigenvalue weighted by Gasteiger charge is -2.33. The molecule has 1 atom stereocenters. The van der Waals surface area contributed by atoms with Gasteiger partial charge >= 0.3 is 5.97 Å². The number of anilines is 1. The number of sulfonamides is 1. The quantitative estimate of drug-likeness (QED) is 0.878. The highest BCUT2D eigenvalue weighted by molar-refractivity contribution is 7.92. The highest BCUT2D eigenvalue weighted by Gasteiger charge is 2.33. The van der Waals surface area contributed by atoms with Gasteiger partial charge in [0.2, 0.25) is 10.0 Å². The molecule has 0 aromatic heterocycles. The predicted molar refractivity (Wildman–Crippen MR) is 88.6 cm³/mol. The summed E-state index contributed by atoms with van der Waals surface area (Å²) in [6.07, 6.45) is 3.77. The normalized spacial score (nSPS) is 20.8. The third-order valence-electron chi connectivity index (χ3n) is 4.63. The number of carbonyl (C=O) groups is 2. The van der Waals surface area contributed by atoms with E-state index in [-0.39, 0.29) is 5.91 Å². The highest BCUT2D eigenvalue weighted by atomic mass is 32.2. The molecule has 7 nitrogen and oxygen atoms in total. The average molecular weight is 352 g/mol. The number of hydrogen-bond donors (Lipinski definition) is 1. The van der Waals surface area contributed by atoms with E-state index in [2.05, 4.69) is 0 Å². The summed E-state index contributed by atoms with van der Waals surface area (Å²) in [5, 5.41) is 9.32. The van der Waals surface area contributed by atoms with Gasteiger partial charge in [-0.05, 0) is 49.4 Å². The van der Waals surface area contributed by atoms with Gasteiger partial charge in [-0.15, -0.1) is 0 Å². The van der Waals surface area contributed by atoms with Gasteiger partial charge in [0.15, 0.2) is 0 Å². The van der Waals surface area contributed by atoms with Crippen molar-refractivity contribution >= 4 is 27.6 Å². The van der Waals surface area contributed by atoms with Crippen LogP contribution < -0.4 is 4.31 Å². The highest BCUT2D eigenvalue weighted by Crippen LogP contribution is 2.31. The first-order chi connectivity index (χ1) is 11.3. The molecule has 0 spiro atoms. The molecule has 24 heavy (non-hydrogen) atoms. The zero-order chi connectivity index (χ0) is 17.5. The van der Waals surface area contributed by atoms with Gasteiger partial charge in [0.1, 0.15) is 6.04 Å². The van der Waals surface area contributed by atoms with Crippen LogP contribution in [0.1, 0.15) is 35.2 Å². The van der Waals surface area contributed by atoms with Crippen LogP contribution in [0.25, 0.3) is 0 Å². The second-order valence-electron chi connectivity index (χ2n) is 6.28. The number of fused-ring (bicyclic) bond motifs is 1. The molecule has 1 aromatic rings. The zero-order valence-electron chi connectivity index (χ0n) is 13.4. The number of carbonyl (C=O) groups excluding carboxylic acids is 1. The maximum absolute atomic E-state index is 12.7. The predicted octanol–water partition coefficient (Wildman–Crippen LogP) is 1.09. The maximum atomic E-state index is 12.7. The molecule has 0 aliphatic carbocycles. The molecule has 1 saturated heterocycles. The first-order valence-corrected chi connectivity index (χ1v) is 9.78. The molecule has 1 aromatic carbocycles. The molecule has 0 unspecified atom stereocenters. The third kappa shape index (κ3) is 2.98. The molecule has 8 heteroatoms. The molecular weight excluding hydrogens is 332 g/mol. The van der Waals surface area contributed by atoms with Crippen molar-refractivity contribution < 1.29 is 23.1 Å². The van der Waals surface area contributed by atoms with Gasteiger partial charge in [-0.25, -0.2) is 13.2 Å². The second kappa shape index (κ2) is 6.08. The van der Waals surface area contributed by atoms with Crippen LogP contribution in [0.5, 0.6) is 0 Å². The van der Waals surface area contributed by atoms with Crippen molar-refractivity contribution in [1.82, 2.24) is 4.90 Å².